The van der Waals surface area contributed by atoms with E-state index in [0.717, 1.165) is 22.9 Å². The molecule has 0 fully saturated rings. The summed E-state index contributed by atoms with van der Waals surface area (Å²) in [6.07, 6.45) is 2.20. The third-order valence-electron chi connectivity index (χ3n) is 3.80. The molecule has 0 aliphatic heterocycles. The van der Waals surface area contributed by atoms with Gasteiger partial charge in [-0.1, -0.05) is 41.9 Å². The maximum Gasteiger partial charge on any atom is 0.157 e. The summed E-state index contributed by atoms with van der Waals surface area (Å²) in [6.45, 7) is 4.17. The summed E-state index contributed by atoms with van der Waals surface area (Å²) in [6, 6.07) is 7.98. The predicted molar refractivity (Wildman–Crippen MR) is 79.9 cm³/mol. The van der Waals surface area contributed by atoms with Crippen LogP contribution in [-0.2, 0) is 11.2 Å². The molecule has 0 atom stereocenters. The smallest absolute Gasteiger partial charge is 0.157 e. The minimum atomic E-state index is -0.331. The highest BCUT2D eigenvalue weighted by Crippen LogP contribution is 2.25. The minimum Gasteiger partial charge on any atom is -0.297 e. The van der Waals surface area contributed by atoms with E-state index in [1.54, 1.807) is 0 Å². The van der Waals surface area contributed by atoms with E-state index < -0.39 is 0 Å². The molecule has 1 rings (SSSR count). The number of benzene rings is 1. The first-order chi connectivity index (χ1) is 8.46. The lowest BCUT2D eigenvalue weighted by Gasteiger charge is -2.37. The Balaban J connectivity index is 2.92. The molecule has 0 aromatic heterocycles. The molecular formula is C15H22BrNO. The van der Waals surface area contributed by atoms with Crippen molar-refractivity contribution in [1.29, 1.82) is 0 Å². The topological polar surface area (TPSA) is 20.3 Å². The van der Waals surface area contributed by atoms with E-state index in [4.69, 9.17) is 0 Å². The summed E-state index contributed by atoms with van der Waals surface area (Å²) >= 11 is 3.44. The number of carbonyl (C=O) groups excluding carboxylic acids is 1. The summed E-state index contributed by atoms with van der Waals surface area (Å²) in [4.78, 5) is 14.7. The van der Waals surface area contributed by atoms with Crippen LogP contribution in [0.5, 0.6) is 0 Å². The van der Waals surface area contributed by atoms with Crippen molar-refractivity contribution in [2.24, 2.45) is 0 Å². The van der Waals surface area contributed by atoms with Gasteiger partial charge >= 0.3 is 0 Å². The van der Waals surface area contributed by atoms with Crippen molar-refractivity contribution >= 4 is 21.7 Å². The number of hydrogen-bond acceptors (Lipinski definition) is 2. The Morgan fingerprint density at radius 3 is 2.33 bits per heavy atom. The van der Waals surface area contributed by atoms with Crippen LogP contribution in [0, 0.1) is 0 Å². The first-order valence-corrected chi connectivity index (χ1v) is 7.20. The Bertz CT molecular complexity index is 411. The number of rotatable bonds is 6. The Labute approximate surface area is 119 Å². The zero-order chi connectivity index (χ0) is 13.8. The SMILES string of the molecule is CCC(CC)(C(=O)Cc1cccc(Br)c1)N(C)C. The summed E-state index contributed by atoms with van der Waals surface area (Å²) < 4.78 is 1.02. The van der Waals surface area contributed by atoms with Crippen LogP contribution in [0.2, 0.25) is 0 Å². The molecule has 0 unspecified atom stereocenters. The number of hydrogen-bond donors (Lipinski definition) is 0. The lowest BCUT2D eigenvalue weighted by molar-refractivity contribution is -0.129. The maximum absolute atomic E-state index is 12.6. The number of carbonyl (C=O) groups is 1. The quantitative estimate of drug-likeness (QED) is 0.798. The van der Waals surface area contributed by atoms with Gasteiger partial charge in [0, 0.05) is 10.9 Å². The largest absolute Gasteiger partial charge is 0.297 e. The van der Waals surface area contributed by atoms with Gasteiger partial charge in [-0.2, -0.15) is 0 Å². The zero-order valence-electron chi connectivity index (χ0n) is 11.7. The third kappa shape index (κ3) is 3.21. The highest BCUT2D eigenvalue weighted by Gasteiger charge is 2.36. The number of likely N-dealkylation sites (N-methyl/N-ethyl adjacent to an activating group) is 1. The van der Waals surface area contributed by atoms with Crippen LogP contribution in [-0.4, -0.2) is 30.3 Å². The Morgan fingerprint density at radius 2 is 1.89 bits per heavy atom. The Hall–Kier alpha value is -0.670. The molecule has 3 heteroatoms. The molecule has 0 aliphatic carbocycles. The van der Waals surface area contributed by atoms with E-state index in [-0.39, 0.29) is 5.54 Å². The van der Waals surface area contributed by atoms with Crippen molar-refractivity contribution in [3.8, 4) is 0 Å². The summed E-state index contributed by atoms with van der Waals surface area (Å²) in [5.41, 5.74) is 0.741. The first-order valence-electron chi connectivity index (χ1n) is 6.41. The number of nitrogens with zero attached hydrogens (tertiary/aromatic N) is 1. The van der Waals surface area contributed by atoms with E-state index in [1.807, 2.05) is 38.4 Å². The number of halogens is 1. The van der Waals surface area contributed by atoms with Gasteiger partial charge in [0.15, 0.2) is 5.78 Å². The molecule has 0 amide bonds. The molecule has 1 aromatic rings. The Morgan fingerprint density at radius 1 is 1.28 bits per heavy atom. The minimum absolute atomic E-state index is 0.301. The van der Waals surface area contributed by atoms with E-state index in [0.29, 0.717) is 12.2 Å². The highest BCUT2D eigenvalue weighted by molar-refractivity contribution is 9.10. The molecule has 0 bridgehead atoms. The molecular weight excluding hydrogens is 290 g/mol. The van der Waals surface area contributed by atoms with Gasteiger partial charge in [-0.3, -0.25) is 9.69 Å². The molecule has 0 aliphatic rings. The standard InChI is InChI=1S/C15H22BrNO/c1-5-15(6-2,17(3)4)14(18)11-12-8-7-9-13(16)10-12/h7-10H,5-6,11H2,1-4H3. The van der Waals surface area contributed by atoms with E-state index in [2.05, 4.69) is 34.7 Å². The van der Waals surface area contributed by atoms with Gasteiger partial charge in [-0.05, 0) is 44.6 Å². The van der Waals surface area contributed by atoms with E-state index >= 15 is 0 Å². The summed E-state index contributed by atoms with van der Waals surface area (Å²) in [7, 11) is 3.98. The molecule has 0 radical (unpaired) electrons. The van der Waals surface area contributed by atoms with Crippen LogP contribution in [0.25, 0.3) is 0 Å². The fraction of sp³-hybridized carbons (Fsp3) is 0.533. The van der Waals surface area contributed by atoms with Gasteiger partial charge in [0.1, 0.15) is 0 Å². The molecule has 0 spiro atoms. The number of ketones is 1. The fourth-order valence-electron chi connectivity index (χ4n) is 2.52. The predicted octanol–water partition coefficient (Wildman–Crippen LogP) is 3.68. The normalized spacial score (nSPS) is 11.9. The van der Waals surface area contributed by atoms with Crippen molar-refractivity contribution in [2.45, 2.75) is 38.6 Å². The molecule has 2 nitrogen and oxygen atoms in total. The second kappa shape index (κ2) is 6.48. The fourth-order valence-corrected chi connectivity index (χ4v) is 2.97. The van der Waals surface area contributed by atoms with Gasteiger partial charge in [-0.25, -0.2) is 0 Å². The van der Waals surface area contributed by atoms with Gasteiger partial charge in [0.25, 0.3) is 0 Å². The Kier molecular flexibility index (Phi) is 5.54. The lowest BCUT2D eigenvalue weighted by Crippen LogP contribution is -2.50. The van der Waals surface area contributed by atoms with Crippen molar-refractivity contribution in [2.75, 3.05) is 14.1 Å². The molecule has 100 valence electrons. The van der Waals surface area contributed by atoms with Crippen LogP contribution in [0.4, 0.5) is 0 Å². The van der Waals surface area contributed by atoms with Crippen molar-refractivity contribution in [1.82, 2.24) is 4.90 Å². The van der Waals surface area contributed by atoms with E-state index in [1.165, 1.54) is 0 Å². The van der Waals surface area contributed by atoms with Crippen molar-refractivity contribution < 1.29 is 4.79 Å². The number of Topliss-reactive ketones (excluding diaryl/α,β-unsaturated/α-hetero) is 1. The second-order valence-corrected chi connectivity index (χ2v) is 5.78. The maximum atomic E-state index is 12.6. The molecule has 1 aromatic carbocycles. The second-order valence-electron chi connectivity index (χ2n) is 4.86. The molecule has 0 saturated heterocycles. The first kappa shape index (κ1) is 15.4. The van der Waals surface area contributed by atoms with Crippen LogP contribution in [0.3, 0.4) is 0 Å². The monoisotopic (exact) mass is 311 g/mol. The van der Waals surface area contributed by atoms with Gasteiger partial charge in [-0.15, -0.1) is 0 Å². The summed E-state index contributed by atoms with van der Waals surface area (Å²) in [5.74, 6) is 0.301. The highest BCUT2D eigenvalue weighted by atomic mass is 79.9. The van der Waals surface area contributed by atoms with Crippen LogP contribution in [0.1, 0.15) is 32.3 Å². The van der Waals surface area contributed by atoms with Crippen LogP contribution >= 0.6 is 15.9 Å². The molecule has 0 saturated carbocycles. The van der Waals surface area contributed by atoms with Gasteiger partial charge in [0.2, 0.25) is 0 Å². The van der Waals surface area contributed by atoms with Gasteiger partial charge in [0.05, 0.1) is 5.54 Å². The average molecular weight is 312 g/mol. The summed E-state index contributed by atoms with van der Waals surface area (Å²) in [5, 5.41) is 0. The van der Waals surface area contributed by atoms with E-state index in [9.17, 15) is 4.79 Å². The molecule has 18 heavy (non-hydrogen) atoms. The average Bonchev–Trinajstić information content (AvgIpc) is 2.30. The van der Waals surface area contributed by atoms with Crippen LogP contribution < -0.4 is 0 Å². The van der Waals surface area contributed by atoms with Crippen molar-refractivity contribution in [3.63, 3.8) is 0 Å². The zero-order valence-corrected chi connectivity index (χ0v) is 13.3. The van der Waals surface area contributed by atoms with Gasteiger partial charge < -0.3 is 0 Å². The third-order valence-corrected chi connectivity index (χ3v) is 4.29. The van der Waals surface area contributed by atoms with Crippen LogP contribution in [0.15, 0.2) is 28.7 Å². The lowest BCUT2D eigenvalue weighted by atomic mass is 9.83. The molecule has 0 heterocycles. The molecule has 0 N–H and O–H groups in total. The van der Waals surface area contributed by atoms with Crippen molar-refractivity contribution in [3.05, 3.63) is 34.3 Å².